The SMILES string of the molecule is CCCNC(=O)NC1CCN(C(=O)c2ccc(=O)[nH]n2)CC1. The predicted octanol–water partition coefficient (Wildman–Crippen LogP) is 0.0837. The monoisotopic (exact) mass is 307 g/mol. The molecule has 3 N–H and O–H groups in total. The lowest BCUT2D eigenvalue weighted by atomic mass is 10.0. The van der Waals surface area contributed by atoms with E-state index in [4.69, 9.17) is 0 Å². The number of carbonyl (C=O) groups is 2. The van der Waals surface area contributed by atoms with Crippen molar-refractivity contribution >= 4 is 11.9 Å². The molecule has 0 aliphatic carbocycles. The summed E-state index contributed by atoms with van der Waals surface area (Å²) >= 11 is 0. The van der Waals surface area contributed by atoms with E-state index >= 15 is 0 Å². The van der Waals surface area contributed by atoms with Gasteiger partial charge >= 0.3 is 6.03 Å². The highest BCUT2D eigenvalue weighted by Gasteiger charge is 2.25. The first-order chi connectivity index (χ1) is 10.6. The Morgan fingerprint density at radius 1 is 1.36 bits per heavy atom. The maximum atomic E-state index is 12.2. The van der Waals surface area contributed by atoms with E-state index in [0.29, 0.717) is 32.5 Å². The van der Waals surface area contributed by atoms with E-state index in [2.05, 4.69) is 20.8 Å². The van der Waals surface area contributed by atoms with Gasteiger partial charge in [0.25, 0.3) is 11.5 Å². The molecule has 8 nitrogen and oxygen atoms in total. The van der Waals surface area contributed by atoms with Crippen molar-refractivity contribution in [1.82, 2.24) is 25.7 Å². The van der Waals surface area contributed by atoms with Crippen LogP contribution in [-0.4, -0.2) is 52.7 Å². The molecule has 1 aromatic heterocycles. The molecule has 0 bridgehead atoms. The van der Waals surface area contributed by atoms with Crippen molar-refractivity contribution < 1.29 is 9.59 Å². The van der Waals surface area contributed by atoms with E-state index in [1.54, 1.807) is 4.90 Å². The summed E-state index contributed by atoms with van der Waals surface area (Å²) in [4.78, 5) is 36.5. The van der Waals surface area contributed by atoms with Crippen LogP contribution in [0.2, 0.25) is 0 Å². The van der Waals surface area contributed by atoms with Crippen LogP contribution in [-0.2, 0) is 0 Å². The number of carbonyl (C=O) groups excluding carboxylic acids is 2. The second-order valence-corrected chi connectivity index (χ2v) is 5.27. The van der Waals surface area contributed by atoms with E-state index in [-0.39, 0.29) is 29.2 Å². The van der Waals surface area contributed by atoms with E-state index in [1.165, 1.54) is 12.1 Å². The molecule has 1 aromatic rings. The number of aromatic amines is 1. The van der Waals surface area contributed by atoms with Crippen LogP contribution in [0.4, 0.5) is 4.79 Å². The summed E-state index contributed by atoms with van der Waals surface area (Å²) in [5.41, 5.74) is -0.107. The van der Waals surface area contributed by atoms with Gasteiger partial charge in [-0.05, 0) is 25.3 Å². The lowest BCUT2D eigenvalue weighted by Gasteiger charge is -2.32. The van der Waals surface area contributed by atoms with Gasteiger partial charge in [0.15, 0.2) is 0 Å². The highest BCUT2D eigenvalue weighted by Crippen LogP contribution is 2.12. The van der Waals surface area contributed by atoms with Gasteiger partial charge in [0.1, 0.15) is 5.69 Å². The summed E-state index contributed by atoms with van der Waals surface area (Å²) < 4.78 is 0. The van der Waals surface area contributed by atoms with Gasteiger partial charge in [0.05, 0.1) is 0 Å². The van der Waals surface area contributed by atoms with E-state index in [9.17, 15) is 14.4 Å². The van der Waals surface area contributed by atoms with Gasteiger partial charge in [0.2, 0.25) is 0 Å². The smallest absolute Gasteiger partial charge is 0.315 e. The van der Waals surface area contributed by atoms with Crippen molar-refractivity contribution in [1.29, 1.82) is 0 Å². The summed E-state index contributed by atoms with van der Waals surface area (Å²) in [5, 5.41) is 11.7. The number of likely N-dealkylation sites (tertiary alicyclic amines) is 1. The Bertz CT molecular complexity index is 558. The number of H-pyrrole nitrogens is 1. The summed E-state index contributed by atoms with van der Waals surface area (Å²) in [6.07, 6.45) is 2.30. The van der Waals surface area contributed by atoms with Gasteiger partial charge in [-0.1, -0.05) is 6.92 Å². The molecular weight excluding hydrogens is 286 g/mol. The number of aromatic nitrogens is 2. The van der Waals surface area contributed by atoms with Gasteiger partial charge in [0, 0.05) is 31.7 Å². The van der Waals surface area contributed by atoms with Gasteiger partial charge in [-0.2, -0.15) is 5.10 Å². The third-order valence-corrected chi connectivity index (χ3v) is 3.55. The number of hydrogen-bond donors (Lipinski definition) is 3. The molecule has 1 fully saturated rings. The Hall–Kier alpha value is -2.38. The first kappa shape index (κ1) is 16.0. The average molecular weight is 307 g/mol. The number of nitrogens with one attached hydrogen (secondary N) is 3. The number of urea groups is 1. The lowest BCUT2D eigenvalue weighted by Crippen LogP contribution is -2.49. The number of amides is 3. The summed E-state index contributed by atoms with van der Waals surface area (Å²) in [5.74, 6) is -0.204. The molecule has 0 radical (unpaired) electrons. The van der Waals surface area contributed by atoms with Crippen molar-refractivity contribution in [3.05, 3.63) is 28.2 Å². The molecule has 1 aliphatic rings. The molecule has 0 aromatic carbocycles. The number of rotatable bonds is 4. The zero-order valence-corrected chi connectivity index (χ0v) is 12.6. The van der Waals surface area contributed by atoms with Crippen LogP contribution >= 0.6 is 0 Å². The Labute approximate surface area is 128 Å². The third kappa shape index (κ3) is 4.31. The minimum atomic E-state index is -0.336. The quantitative estimate of drug-likeness (QED) is 0.732. The van der Waals surface area contributed by atoms with Gasteiger partial charge in [-0.3, -0.25) is 9.59 Å². The molecule has 120 valence electrons. The highest BCUT2D eigenvalue weighted by atomic mass is 16.2. The first-order valence-corrected chi connectivity index (χ1v) is 7.49. The van der Waals surface area contributed by atoms with Crippen LogP contribution in [0.3, 0.4) is 0 Å². The number of piperidine rings is 1. The van der Waals surface area contributed by atoms with Crippen molar-refractivity contribution in [2.24, 2.45) is 0 Å². The second kappa shape index (κ2) is 7.58. The molecule has 0 unspecified atom stereocenters. The molecule has 0 atom stereocenters. The lowest BCUT2D eigenvalue weighted by molar-refractivity contribution is 0.0701. The van der Waals surface area contributed by atoms with Gasteiger partial charge in [-0.25, -0.2) is 9.89 Å². The fourth-order valence-corrected chi connectivity index (χ4v) is 2.33. The zero-order chi connectivity index (χ0) is 15.9. The standard InChI is InChI=1S/C14H21N5O3/c1-2-7-15-14(22)16-10-5-8-19(9-6-10)13(21)11-3-4-12(20)18-17-11/h3-4,10H,2,5-9H2,1H3,(H,18,20)(H2,15,16,22). The molecular formula is C14H21N5O3. The van der Waals surface area contributed by atoms with E-state index < -0.39 is 0 Å². The summed E-state index contributed by atoms with van der Waals surface area (Å²) in [6.45, 7) is 3.76. The van der Waals surface area contributed by atoms with Crippen molar-refractivity contribution in [3.8, 4) is 0 Å². The second-order valence-electron chi connectivity index (χ2n) is 5.27. The molecule has 1 saturated heterocycles. The molecule has 3 amide bonds. The fourth-order valence-electron chi connectivity index (χ4n) is 2.33. The largest absolute Gasteiger partial charge is 0.338 e. The Balaban J connectivity index is 1.81. The molecule has 0 spiro atoms. The predicted molar refractivity (Wildman–Crippen MR) is 80.6 cm³/mol. The van der Waals surface area contributed by atoms with E-state index in [0.717, 1.165) is 6.42 Å². The van der Waals surface area contributed by atoms with Crippen molar-refractivity contribution in [3.63, 3.8) is 0 Å². The maximum absolute atomic E-state index is 12.2. The van der Waals surface area contributed by atoms with Crippen molar-refractivity contribution in [2.75, 3.05) is 19.6 Å². The Morgan fingerprint density at radius 2 is 2.09 bits per heavy atom. The van der Waals surface area contributed by atoms with Crippen LogP contribution in [0.15, 0.2) is 16.9 Å². The van der Waals surface area contributed by atoms with E-state index in [1.807, 2.05) is 6.92 Å². The number of nitrogens with zero attached hydrogens (tertiary/aromatic N) is 2. The van der Waals surface area contributed by atoms with Crippen LogP contribution < -0.4 is 16.2 Å². The molecule has 0 saturated carbocycles. The zero-order valence-electron chi connectivity index (χ0n) is 12.6. The van der Waals surface area contributed by atoms with Crippen LogP contribution in [0.5, 0.6) is 0 Å². The van der Waals surface area contributed by atoms with Gasteiger partial charge < -0.3 is 15.5 Å². The number of hydrogen-bond acceptors (Lipinski definition) is 4. The van der Waals surface area contributed by atoms with Crippen LogP contribution in [0.25, 0.3) is 0 Å². The van der Waals surface area contributed by atoms with Crippen LogP contribution in [0.1, 0.15) is 36.7 Å². The summed E-state index contributed by atoms with van der Waals surface area (Å²) in [6, 6.07) is 2.62. The third-order valence-electron chi connectivity index (χ3n) is 3.55. The average Bonchev–Trinajstić information content (AvgIpc) is 2.54. The molecule has 2 rings (SSSR count). The minimum absolute atomic E-state index is 0.0736. The highest BCUT2D eigenvalue weighted by molar-refractivity contribution is 5.92. The minimum Gasteiger partial charge on any atom is -0.338 e. The maximum Gasteiger partial charge on any atom is 0.315 e. The molecule has 8 heteroatoms. The Kier molecular flexibility index (Phi) is 5.51. The normalized spacial score (nSPS) is 15.4. The fraction of sp³-hybridized carbons (Fsp3) is 0.571. The first-order valence-electron chi connectivity index (χ1n) is 7.49. The topological polar surface area (TPSA) is 107 Å². The van der Waals surface area contributed by atoms with Crippen LogP contribution in [0, 0.1) is 0 Å². The molecule has 1 aliphatic heterocycles. The molecule has 2 heterocycles. The molecule has 22 heavy (non-hydrogen) atoms. The van der Waals surface area contributed by atoms with Gasteiger partial charge in [-0.15, -0.1) is 0 Å². The Morgan fingerprint density at radius 3 is 2.68 bits per heavy atom. The van der Waals surface area contributed by atoms with Crippen molar-refractivity contribution in [2.45, 2.75) is 32.2 Å². The summed E-state index contributed by atoms with van der Waals surface area (Å²) in [7, 11) is 0.